The highest BCUT2D eigenvalue weighted by molar-refractivity contribution is 5.17. The van der Waals surface area contributed by atoms with Crippen LogP contribution in [0.25, 0.3) is 0 Å². The highest BCUT2D eigenvalue weighted by atomic mass is 15.1. The Labute approximate surface area is 141 Å². The van der Waals surface area contributed by atoms with Gasteiger partial charge < -0.3 is 9.88 Å². The van der Waals surface area contributed by atoms with Crippen molar-refractivity contribution in [2.75, 3.05) is 13.1 Å². The standard InChI is InChI=1S/C19H32N4/c1-18(2,3)16-13-23-11-6-8-15(17(23)22-16)12-21-14-19(4,5)9-7-10-20/h13,15,21H,6-9,11-12,14H2,1-5H3/t15-/m0/s1. The van der Waals surface area contributed by atoms with Crippen molar-refractivity contribution in [1.82, 2.24) is 14.9 Å². The van der Waals surface area contributed by atoms with Gasteiger partial charge in [-0.15, -0.1) is 0 Å². The molecule has 1 aromatic rings. The fraction of sp³-hybridized carbons (Fsp3) is 0.789. The molecular formula is C19H32N4. The normalized spacial score (nSPS) is 18.5. The molecule has 2 rings (SSSR count). The van der Waals surface area contributed by atoms with Gasteiger partial charge in [0.1, 0.15) is 5.82 Å². The van der Waals surface area contributed by atoms with Crippen LogP contribution in [-0.4, -0.2) is 22.6 Å². The minimum Gasteiger partial charge on any atom is -0.334 e. The molecule has 2 heterocycles. The first-order valence-electron chi connectivity index (χ1n) is 8.88. The summed E-state index contributed by atoms with van der Waals surface area (Å²) in [6.07, 6.45) is 6.28. The van der Waals surface area contributed by atoms with Crippen molar-refractivity contribution >= 4 is 0 Å². The minimum atomic E-state index is 0.113. The summed E-state index contributed by atoms with van der Waals surface area (Å²) >= 11 is 0. The summed E-state index contributed by atoms with van der Waals surface area (Å²) in [7, 11) is 0. The maximum atomic E-state index is 8.75. The van der Waals surface area contributed by atoms with Gasteiger partial charge in [-0.3, -0.25) is 0 Å². The van der Waals surface area contributed by atoms with Crippen LogP contribution in [0.1, 0.15) is 77.7 Å². The van der Waals surface area contributed by atoms with Crippen LogP contribution in [-0.2, 0) is 12.0 Å². The van der Waals surface area contributed by atoms with Crippen molar-refractivity contribution in [3.63, 3.8) is 0 Å². The van der Waals surface area contributed by atoms with E-state index in [9.17, 15) is 0 Å². The second-order valence-electron chi connectivity index (χ2n) is 8.72. The quantitative estimate of drug-likeness (QED) is 0.863. The monoisotopic (exact) mass is 316 g/mol. The van der Waals surface area contributed by atoms with Crippen molar-refractivity contribution < 1.29 is 0 Å². The van der Waals surface area contributed by atoms with Gasteiger partial charge in [0.2, 0.25) is 0 Å². The lowest BCUT2D eigenvalue weighted by molar-refractivity contribution is 0.307. The molecule has 1 atom stereocenters. The van der Waals surface area contributed by atoms with Crippen molar-refractivity contribution in [1.29, 1.82) is 5.26 Å². The molecule has 1 N–H and O–H groups in total. The molecule has 128 valence electrons. The maximum absolute atomic E-state index is 8.75. The molecule has 0 bridgehead atoms. The summed E-state index contributed by atoms with van der Waals surface area (Å²) in [5, 5.41) is 12.4. The van der Waals surface area contributed by atoms with E-state index in [4.69, 9.17) is 10.2 Å². The molecule has 0 fully saturated rings. The number of nitrogens with one attached hydrogen (secondary N) is 1. The smallest absolute Gasteiger partial charge is 0.113 e. The molecule has 0 unspecified atom stereocenters. The largest absolute Gasteiger partial charge is 0.334 e. The highest BCUT2D eigenvalue weighted by Crippen LogP contribution is 2.30. The molecule has 0 amide bonds. The molecular weight excluding hydrogens is 284 g/mol. The van der Waals surface area contributed by atoms with Gasteiger partial charge in [0, 0.05) is 43.6 Å². The average Bonchev–Trinajstić information content (AvgIpc) is 2.90. The third kappa shape index (κ3) is 4.81. The Morgan fingerprint density at radius 1 is 1.35 bits per heavy atom. The molecule has 0 aromatic carbocycles. The Bertz CT molecular complexity index is 557. The summed E-state index contributed by atoms with van der Waals surface area (Å²) in [6, 6.07) is 2.25. The first-order chi connectivity index (χ1) is 10.7. The minimum absolute atomic E-state index is 0.113. The van der Waals surface area contributed by atoms with Crippen LogP contribution in [0.5, 0.6) is 0 Å². The topological polar surface area (TPSA) is 53.6 Å². The zero-order valence-electron chi connectivity index (χ0n) is 15.4. The van der Waals surface area contributed by atoms with E-state index in [-0.39, 0.29) is 10.8 Å². The summed E-state index contributed by atoms with van der Waals surface area (Å²) in [6.45, 7) is 14.2. The molecule has 0 spiro atoms. The second-order valence-corrected chi connectivity index (χ2v) is 8.72. The molecule has 4 heteroatoms. The lowest BCUT2D eigenvalue weighted by Gasteiger charge is -2.27. The number of aryl methyl sites for hydroxylation is 1. The number of hydrogen-bond acceptors (Lipinski definition) is 3. The van der Waals surface area contributed by atoms with Gasteiger partial charge in [-0.2, -0.15) is 5.26 Å². The van der Waals surface area contributed by atoms with Crippen LogP contribution < -0.4 is 5.32 Å². The molecule has 4 nitrogen and oxygen atoms in total. The van der Waals surface area contributed by atoms with Crippen molar-refractivity contribution in [3.05, 3.63) is 17.7 Å². The van der Waals surface area contributed by atoms with Gasteiger partial charge >= 0.3 is 0 Å². The maximum Gasteiger partial charge on any atom is 0.113 e. The van der Waals surface area contributed by atoms with Gasteiger partial charge in [0.15, 0.2) is 0 Å². The molecule has 0 saturated heterocycles. The lowest BCUT2D eigenvalue weighted by atomic mass is 9.87. The van der Waals surface area contributed by atoms with E-state index in [0.29, 0.717) is 12.3 Å². The van der Waals surface area contributed by atoms with Gasteiger partial charge in [0.05, 0.1) is 11.8 Å². The average molecular weight is 316 g/mol. The van der Waals surface area contributed by atoms with E-state index in [0.717, 1.165) is 26.1 Å². The van der Waals surface area contributed by atoms with E-state index < -0.39 is 0 Å². The fourth-order valence-corrected chi connectivity index (χ4v) is 3.19. The second kappa shape index (κ2) is 7.05. The predicted octanol–water partition coefficient (Wildman–Crippen LogP) is 3.98. The lowest BCUT2D eigenvalue weighted by Crippen LogP contribution is -2.34. The van der Waals surface area contributed by atoms with Crippen LogP contribution in [0.15, 0.2) is 6.20 Å². The van der Waals surface area contributed by atoms with Gasteiger partial charge in [-0.05, 0) is 24.7 Å². The van der Waals surface area contributed by atoms with E-state index in [1.807, 2.05) is 0 Å². The van der Waals surface area contributed by atoms with Crippen LogP contribution >= 0.6 is 0 Å². The number of fused-ring (bicyclic) bond motifs is 1. The van der Waals surface area contributed by atoms with Gasteiger partial charge in [-0.25, -0.2) is 4.98 Å². The zero-order chi connectivity index (χ0) is 17.1. The third-order valence-electron chi connectivity index (χ3n) is 4.80. The Morgan fingerprint density at radius 3 is 2.74 bits per heavy atom. The molecule has 0 radical (unpaired) electrons. The number of aromatic nitrogens is 2. The number of hydrogen-bond donors (Lipinski definition) is 1. The van der Waals surface area contributed by atoms with Crippen LogP contribution in [0.2, 0.25) is 0 Å². The number of nitrogens with zero attached hydrogens (tertiary/aromatic N) is 3. The highest BCUT2D eigenvalue weighted by Gasteiger charge is 2.27. The third-order valence-corrected chi connectivity index (χ3v) is 4.80. The van der Waals surface area contributed by atoms with Crippen molar-refractivity contribution in [3.8, 4) is 6.07 Å². The van der Waals surface area contributed by atoms with E-state index >= 15 is 0 Å². The van der Waals surface area contributed by atoms with Gasteiger partial charge in [0.25, 0.3) is 0 Å². The molecule has 0 aliphatic carbocycles. The molecule has 1 aliphatic heterocycles. The first kappa shape index (κ1) is 18.0. The predicted molar refractivity (Wildman–Crippen MR) is 94.4 cm³/mol. The summed E-state index contributed by atoms with van der Waals surface area (Å²) in [5.41, 5.74) is 1.49. The summed E-state index contributed by atoms with van der Waals surface area (Å²) in [5.74, 6) is 1.76. The van der Waals surface area contributed by atoms with Crippen molar-refractivity contribution in [2.45, 2.75) is 78.2 Å². The number of nitriles is 1. The number of imidazole rings is 1. The molecule has 1 aliphatic rings. The number of rotatable bonds is 6. The zero-order valence-corrected chi connectivity index (χ0v) is 15.4. The van der Waals surface area contributed by atoms with E-state index in [1.165, 1.54) is 24.4 Å². The van der Waals surface area contributed by atoms with Crippen molar-refractivity contribution in [2.24, 2.45) is 5.41 Å². The SMILES string of the molecule is CC(C)(CCC#N)CNC[C@@H]1CCCn2cc(C(C)(C)C)nc21. The van der Waals surface area contributed by atoms with E-state index in [1.54, 1.807) is 0 Å². The van der Waals surface area contributed by atoms with Gasteiger partial charge in [-0.1, -0.05) is 34.6 Å². The molecule has 0 saturated carbocycles. The Kier molecular flexibility index (Phi) is 5.52. The van der Waals surface area contributed by atoms with Crippen LogP contribution in [0.3, 0.4) is 0 Å². The Hall–Kier alpha value is -1.34. The fourth-order valence-electron chi connectivity index (χ4n) is 3.19. The Morgan fingerprint density at radius 2 is 2.09 bits per heavy atom. The summed E-state index contributed by atoms with van der Waals surface area (Å²) in [4.78, 5) is 4.95. The first-order valence-corrected chi connectivity index (χ1v) is 8.88. The molecule has 23 heavy (non-hydrogen) atoms. The summed E-state index contributed by atoms with van der Waals surface area (Å²) < 4.78 is 2.36. The van der Waals surface area contributed by atoms with Crippen LogP contribution in [0.4, 0.5) is 0 Å². The Balaban J connectivity index is 1.96. The molecule has 1 aromatic heterocycles. The van der Waals surface area contributed by atoms with E-state index in [2.05, 4.69) is 56.8 Å². The van der Waals surface area contributed by atoms with Crippen LogP contribution in [0, 0.1) is 16.7 Å².